The highest BCUT2D eigenvalue weighted by Crippen LogP contribution is 2.32. The predicted octanol–water partition coefficient (Wildman–Crippen LogP) is 6.02. The number of nitrogens with one attached hydrogen (secondary N) is 1. The first-order valence-corrected chi connectivity index (χ1v) is 9.80. The number of alkyl halides is 3. The number of benzene rings is 3. The molecule has 1 N–H and O–H groups in total. The van der Waals surface area contributed by atoms with Crippen LogP contribution in [-0.2, 0) is 11.4 Å². The quantitative estimate of drug-likeness (QED) is 0.362. The van der Waals surface area contributed by atoms with Crippen LogP contribution in [0.3, 0.4) is 0 Å². The molecule has 0 aliphatic carbocycles. The number of aromatic amines is 1. The second-order valence-corrected chi connectivity index (χ2v) is 7.01. The summed E-state index contributed by atoms with van der Waals surface area (Å²) in [5, 5.41) is 0. The smallest absolute Gasteiger partial charge is 0.472 e. The third-order valence-corrected chi connectivity index (χ3v) is 4.71. The normalized spacial score (nSPS) is 11.3. The standard InChI is InChI=1S/C24H17F4N3O2/c25-17-8-12-19(13-9-17)31(23(32)24(26,27)28)18-10-6-16(7-11-18)21-14-29-22(30-21)15-33-20-4-2-1-3-5-20/h1-14H,15H2,(H,29,30). The van der Waals surface area contributed by atoms with Crippen LogP contribution in [-0.4, -0.2) is 22.1 Å². The van der Waals surface area contributed by atoms with Crippen LogP contribution in [0, 0.1) is 5.82 Å². The Morgan fingerprint density at radius 1 is 0.909 bits per heavy atom. The molecule has 0 saturated carbocycles. The first kappa shape index (κ1) is 22.1. The Hall–Kier alpha value is -4.14. The molecule has 0 aliphatic heterocycles. The number of aromatic nitrogens is 2. The van der Waals surface area contributed by atoms with Gasteiger partial charge in [-0.3, -0.25) is 9.69 Å². The van der Waals surface area contributed by atoms with Crippen molar-refractivity contribution in [2.75, 3.05) is 4.90 Å². The van der Waals surface area contributed by atoms with E-state index in [0.29, 0.717) is 27.7 Å². The van der Waals surface area contributed by atoms with E-state index in [1.165, 1.54) is 12.1 Å². The minimum absolute atomic E-state index is 0.0140. The topological polar surface area (TPSA) is 58.2 Å². The molecule has 1 heterocycles. The van der Waals surface area contributed by atoms with Crippen molar-refractivity contribution in [3.63, 3.8) is 0 Å². The molecular weight excluding hydrogens is 438 g/mol. The Bertz CT molecular complexity index is 1220. The van der Waals surface area contributed by atoms with Gasteiger partial charge >= 0.3 is 12.1 Å². The Morgan fingerprint density at radius 2 is 1.52 bits per heavy atom. The van der Waals surface area contributed by atoms with Gasteiger partial charge in [0.15, 0.2) is 0 Å². The zero-order valence-electron chi connectivity index (χ0n) is 17.0. The molecule has 33 heavy (non-hydrogen) atoms. The maximum absolute atomic E-state index is 13.2. The summed E-state index contributed by atoms with van der Waals surface area (Å²) in [5.74, 6) is -1.45. The van der Waals surface area contributed by atoms with Gasteiger partial charge in [0.2, 0.25) is 0 Å². The molecule has 0 saturated heterocycles. The van der Waals surface area contributed by atoms with Crippen molar-refractivity contribution in [1.29, 1.82) is 0 Å². The number of hydrogen-bond donors (Lipinski definition) is 1. The van der Waals surface area contributed by atoms with Crippen molar-refractivity contribution in [1.82, 2.24) is 9.97 Å². The minimum Gasteiger partial charge on any atom is -0.486 e. The van der Waals surface area contributed by atoms with Crippen molar-refractivity contribution < 1.29 is 27.1 Å². The SMILES string of the molecule is O=C(N(c1ccc(F)cc1)c1ccc(-c2cnc(COc3ccccc3)[nH]2)cc1)C(F)(F)F. The third kappa shape index (κ3) is 5.20. The largest absolute Gasteiger partial charge is 0.486 e. The van der Waals surface area contributed by atoms with E-state index in [1.807, 2.05) is 30.3 Å². The monoisotopic (exact) mass is 455 g/mol. The zero-order valence-corrected chi connectivity index (χ0v) is 17.0. The summed E-state index contributed by atoms with van der Waals surface area (Å²) in [6.07, 6.45) is -3.53. The summed E-state index contributed by atoms with van der Waals surface area (Å²) in [6, 6.07) is 19.3. The molecule has 0 fully saturated rings. The average molecular weight is 455 g/mol. The lowest BCUT2D eigenvalue weighted by Crippen LogP contribution is -2.38. The van der Waals surface area contributed by atoms with Gasteiger partial charge in [0, 0.05) is 11.4 Å². The molecule has 4 rings (SSSR count). The molecule has 0 atom stereocenters. The Labute approximate surface area is 186 Å². The molecule has 4 aromatic rings. The molecule has 168 valence electrons. The van der Waals surface area contributed by atoms with E-state index in [2.05, 4.69) is 9.97 Å². The summed E-state index contributed by atoms with van der Waals surface area (Å²) in [6.45, 7) is 0.209. The summed E-state index contributed by atoms with van der Waals surface area (Å²) < 4.78 is 58.5. The number of carbonyl (C=O) groups excluding carboxylic acids is 1. The van der Waals surface area contributed by atoms with Crippen LogP contribution in [0.25, 0.3) is 11.3 Å². The van der Waals surface area contributed by atoms with Crippen LogP contribution in [0.2, 0.25) is 0 Å². The van der Waals surface area contributed by atoms with Gasteiger partial charge in [-0.25, -0.2) is 9.37 Å². The van der Waals surface area contributed by atoms with E-state index in [9.17, 15) is 22.4 Å². The van der Waals surface area contributed by atoms with Crippen molar-refractivity contribution in [3.05, 3.63) is 96.7 Å². The van der Waals surface area contributed by atoms with Gasteiger partial charge in [0.25, 0.3) is 0 Å². The van der Waals surface area contributed by atoms with E-state index >= 15 is 0 Å². The molecule has 0 spiro atoms. The highest BCUT2D eigenvalue weighted by molar-refractivity contribution is 6.03. The molecule has 0 bridgehead atoms. The summed E-state index contributed by atoms with van der Waals surface area (Å²) in [7, 11) is 0. The Balaban J connectivity index is 1.55. The van der Waals surface area contributed by atoms with Gasteiger partial charge in [0.05, 0.1) is 11.9 Å². The van der Waals surface area contributed by atoms with Gasteiger partial charge in [-0.2, -0.15) is 13.2 Å². The molecule has 0 unspecified atom stereocenters. The highest BCUT2D eigenvalue weighted by atomic mass is 19.4. The maximum atomic E-state index is 13.2. The summed E-state index contributed by atoms with van der Waals surface area (Å²) in [5.41, 5.74) is 1.16. The van der Waals surface area contributed by atoms with Crippen LogP contribution < -0.4 is 9.64 Å². The van der Waals surface area contributed by atoms with Gasteiger partial charge < -0.3 is 9.72 Å². The zero-order chi connectivity index (χ0) is 23.4. The fourth-order valence-electron chi connectivity index (χ4n) is 3.14. The highest BCUT2D eigenvalue weighted by Gasteiger charge is 2.43. The molecule has 0 radical (unpaired) electrons. The van der Waals surface area contributed by atoms with Crippen molar-refractivity contribution in [2.24, 2.45) is 0 Å². The molecule has 1 amide bonds. The van der Waals surface area contributed by atoms with E-state index in [1.54, 1.807) is 18.3 Å². The molecule has 9 heteroatoms. The number of H-pyrrole nitrogens is 1. The van der Waals surface area contributed by atoms with Crippen molar-refractivity contribution in [2.45, 2.75) is 12.8 Å². The molecule has 1 aromatic heterocycles. The van der Waals surface area contributed by atoms with Gasteiger partial charge in [-0.1, -0.05) is 30.3 Å². The van der Waals surface area contributed by atoms with Crippen LogP contribution in [0.1, 0.15) is 5.82 Å². The molecule has 0 aliphatic rings. The Kier molecular flexibility index (Phi) is 6.12. The fourth-order valence-corrected chi connectivity index (χ4v) is 3.14. The number of para-hydroxylation sites is 1. The lowest BCUT2D eigenvalue weighted by atomic mass is 10.1. The van der Waals surface area contributed by atoms with E-state index in [-0.39, 0.29) is 18.0 Å². The summed E-state index contributed by atoms with van der Waals surface area (Å²) >= 11 is 0. The van der Waals surface area contributed by atoms with Crippen LogP contribution in [0.5, 0.6) is 5.75 Å². The molecule has 3 aromatic carbocycles. The number of carbonyl (C=O) groups is 1. The molecule has 5 nitrogen and oxygen atoms in total. The number of amides is 1. The number of rotatable bonds is 6. The third-order valence-electron chi connectivity index (χ3n) is 4.71. The van der Waals surface area contributed by atoms with E-state index in [0.717, 1.165) is 24.3 Å². The number of anilines is 2. The lowest BCUT2D eigenvalue weighted by molar-refractivity contribution is -0.169. The van der Waals surface area contributed by atoms with Gasteiger partial charge in [-0.05, 0) is 54.1 Å². The second-order valence-electron chi connectivity index (χ2n) is 7.01. The minimum atomic E-state index is -5.11. The number of ether oxygens (including phenoxy) is 1. The molecular formula is C24H17F4N3O2. The Morgan fingerprint density at radius 3 is 2.12 bits per heavy atom. The maximum Gasteiger partial charge on any atom is 0.472 e. The van der Waals surface area contributed by atoms with Gasteiger partial charge in [-0.15, -0.1) is 0 Å². The van der Waals surface area contributed by atoms with Crippen LogP contribution in [0.15, 0.2) is 85.1 Å². The fraction of sp³-hybridized carbons (Fsp3) is 0.0833. The van der Waals surface area contributed by atoms with Gasteiger partial charge in [0.1, 0.15) is 24.0 Å². The number of halogens is 4. The number of nitrogens with zero attached hydrogens (tertiary/aromatic N) is 2. The number of hydrogen-bond acceptors (Lipinski definition) is 3. The first-order valence-electron chi connectivity index (χ1n) is 9.80. The van der Waals surface area contributed by atoms with Crippen LogP contribution in [0.4, 0.5) is 28.9 Å². The van der Waals surface area contributed by atoms with Crippen molar-refractivity contribution in [3.8, 4) is 17.0 Å². The lowest BCUT2D eigenvalue weighted by Gasteiger charge is -2.24. The van der Waals surface area contributed by atoms with E-state index in [4.69, 9.17) is 4.74 Å². The van der Waals surface area contributed by atoms with E-state index < -0.39 is 17.9 Å². The predicted molar refractivity (Wildman–Crippen MR) is 114 cm³/mol. The summed E-state index contributed by atoms with van der Waals surface area (Å²) in [4.78, 5) is 19.9. The first-order chi connectivity index (χ1) is 15.8. The average Bonchev–Trinajstić information content (AvgIpc) is 3.29. The van der Waals surface area contributed by atoms with Crippen LogP contribution >= 0.6 is 0 Å². The second kappa shape index (κ2) is 9.15. The van der Waals surface area contributed by atoms with Crippen molar-refractivity contribution >= 4 is 17.3 Å². The number of imidazole rings is 1.